The molecule has 2 atom stereocenters. The molecule has 1 aromatic carbocycles. The zero-order chi connectivity index (χ0) is 11.5. The van der Waals surface area contributed by atoms with Crippen LogP contribution in [-0.4, -0.2) is 12.1 Å². The van der Waals surface area contributed by atoms with Gasteiger partial charge in [-0.25, -0.2) is 0 Å². The number of hydrogen-bond acceptors (Lipinski definition) is 2. The van der Waals surface area contributed by atoms with E-state index in [1.54, 1.807) is 0 Å². The first-order chi connectivity index (χ1) is 7.65. The van der Waals surface area contributed by atoms with Crippen LogP contribution in [0.1, 0.15) is 36.8 Å². The van der Waals surface area contributed by atoms with Crippen LogP contribution in [0.4, 0.5) is 5.69 Å². The van der Waals surface area contributed by atoms with Gasteiger partial charge in [0.05, 0.1) is 0 Å². The van der Waals surface area contributed by atoms with Crippen molar-refractivity contribution in [1.82, 2.24) is 0 Å². The minimum Gasteiger partial charge on any atom is -0.382 e. The first-order valence-corrected chi connectivity index (χ1v) is 6.24. The van der Waals surface area contributed by atoms with Gasteiger partial charge in [0, 0.05) is 17.8 Å². The van der Waals surface area contributed by atoms with Crippen molar-refractivity contribution in [3.05, 3.63) is 29.3 Å². The molecule has 88 valence electrons. The van der Waals surface area contributed by atoms with Gasteiger partial charge >= 0.3 is 0 Å². The average Bonchev–Trinajstić information content (AvgIpc) is 2.24. The number of nitrogens with two attached hydrogens (primary N) is 1. The van der Waals surface area contributed by atoms with Crippen LogP contribution in [0.5, 0.6) is 0 Å². The molecule has 3 N–H and O–H groups in total. The van der Waals surface area contributed by atoms with Crippen molar-refractivity contribution in [2.75, 3.05) is 5.32 Å². The summed E-state index contributed by atoms with van der Waals surface area (Å²) in [6.07, 6.45) is 4.79. The molecule has 16 heavy (non-hydrogen) atoms. The molecule has 0 radical (unpaired) electrons. The van der Waals surface area contributed by atoms with Gasteiger partial charge in [0.25, 0.3) is 0 Å². The molecule has 0 heterocycles. The van der Waals surface area contributed by atoms with Crippen LogP contribution >= 0.6 is 0 Å². The molecule has 1 fully saturated rings. The normalized spacial score (nSPS) is 25.4. The molecule has 1 aromatic rings. The smallest absolute Gasteiger partial charge is 0.0345 e. The van der Waals surface area contributed by atoms with Crippen molar-refractivity contribution >= 4 is 5.69 Å². The summed E-state index contributed by atoms with van der Waals surface area (Å²) in [4.78, 5) is 0. The standard InChI is InChI=1S/C14H22N2/c1-10-6-7-14(8-11(10)2)16-13-5-3-4-12(15)9-13/h6-8,12-13,16H,3-5,9,15H2,1-2H3. The van der Waals surface area contributed by atoms with Crippen molar-refractivity contribution in [3.8, 4) is 0 Å². The summed E-state index contributed by atoms with van der Waals surface area (Å²) in [6, 6.07) is 7.53. The summed E-state index contributed by atoms with van der Waals surface area (Å²) < 4.78 is 0. The Labute approximate surface area is 98.2 Å². The topological polar surface area (TPSA) is 38.0 Å². The van der Waals surface area contributed by atoms with Crippen LogP contribution in [0.2, 0.25) is 0 Å². The van der Waals surface area contributed by atoms with E-state index in [1.165, 1.54) is 36.1 Å². The summed E-state index contributed by atoms with van der Waals surface area (Å²) in [6.45, 7) is 4.31. The number of aryl methyl sites for hydroxylation is 2. The Morgan fingerprint density at radius 1 is 1.19 bits per heavy atom. The Morgan fingerprint density at radius 3 is 2.69 bits per heavy atom. The second kappa shape index (κ2) is 4.88. The molecule has 0 amide bonds. The third-order valence-electron chi connectivity index (χ3n) is 3.59. The van der Waals surface area contributed by atoms with Gasteiger partial charge in [-0.3, -0.25) is 0 Å². The Hall–Kier alpha value is -1.02. The van der Waals surface area contributed by atoms with Crippen LogP contribution in [0, 0.1) is 13.8 Å². The number of nitrogens with one attached hydrogen (secondary N) is 1. The maximum absolute atomic E-state index is 5.99. The van der Waals surface area contributed by atoms with Gasteiger partial charge in [0.2, 0.25) is 0 Å². The van der Waals surface area contributed by atoms with Gasteiger partial charge in [-0.2, -0.15) is 0 Å². The number of rotatable bonds is 2. The predicted octanol–water partition coefficient (Wildman–Crippen LogP) is 2.99. The second-order valence-electron chi connectivity index (χ2n) is 5.07. The maximum atomic E-state index is 5.99. The highest BCUT2D eigenvalue weighted by Gasteiger charge is 2.18. The van der Waals surface area contributed by atoms with Gasteiger partial charge in [-0.15, -0.1) is 0 Å². The van der Waals surface area contributed by atoms with Crippen LogP contribution in [0.15, 0.2) is 18.2 Å². The van der Waals surface area contributed by atoms with Crippen LogP contribution in [0.25, 0.3) is 0 Å². The van der Waals surface area contributed by atoms with Gasteiger partial charge in [-0.05, 0) is 62.8 Å². The zero-order valence-electron chi connectivity index (χ0n) is 10.3. The number of anilines is 1. The molecule has 2 heteroatoms. The molecule has 2 unspecified atom stereocenters. The molecule has 2 rings (SSSR count). The van der Waals surface area contributed by atoms with Crippen LogP contribution in [-0.2, 0) is 0 Å². The number of benzene rings is 1. The predicted molar refractivity (Wildman–Crippen MR) is 69.8 cm³/mol. The van der Waals surface area contributed by atoms with E-state index >= 15 is 0 Å². The Morgan fingerprint density at radius 2 is 2.00 bits per heavy atom. The second-order valence-corrected chi connectivity index (χ2v) is 5.07. The third-order valence-corrected chi connectivity index (χ3v) is 3.59. The Balaban J connectivity index is 2.00. The lowest BCUT2D eigenvalue weighted by Gasteiger charge is -2.28. The zero-order valence-corrected chi connectivity index (χ0v) is 10.3. The van der Waals surface area contributed by atoms with Gasteiger partial charge in [0.15, 0.2) is 0 Å². The summed E-state index contributed by atoms with van der Waals surface area (Å²) in [5.74, 6) is 0. The van der Waals surface area contributed by atoms with E-state index in [1.807, 2.05) is 0 Å². The minimum absolute atomic E-state index is 0.387. The van der Waals surface area contributed by atoms with Gasteiger partial charge in [0.1, 0.15) is 0 Å². The third kappa shape index (κ3) is 2.76. The highest BCUT2D eigenvalue weighted by Crippen LogP contribution is 2.22. The molecule has 2 nitrogen and oxygen atoms in total. The van der Waals surface area contributed by atoms with E-state index in [0.29, 0.717) is 12.1 Å². The Bertz CT molecular complexity index is 360. The first kappa shape index (κ1) is 11.5. The molecule has 0 saturated heterocycles. The first-order valence-electron chi connectivity index (χ1n) is 6.24. The van der Waals surface area contributed by atoms with E-state index in [4.69, 9.17) is 5.73 Å². The van der Waals surface area contributed by atoms with E-state index in [2.05, 4.69) is 37.4 Å². The summed E-state index contributed by atoms with van der Waals surface area (Å²) >= 11 is 0. The number of hydrogen-bond donors (Lipinski definition) is 2. The summed E-state index contributed by atoms with van der Waals surface area (Å²) in [5, 5.41) is 3.60. The van der Waals surface area contributed by atoms with E-state index in [9.17, 15) is 0 Å². The summed E-state index contributed by atoms with van der Waals surface area (Å²) in [7, 11) is 0. The maximum Gasteiger partial charge on any atom is 0.0345 e. The minimum atomic E-state index is 0.387. The van der Waals surface area contributed by atoms with Gasteiger partial charge < -0.3 is 11.1 Å². The van der Waals surface area contributed by atoms with Crippen molar-refractivity contribution in [1.29, 1.82) is 0 Å². The quantitative estimate of drug-likeness (QED) is 0.801. The molecule has 0 bridgehead atoms. The Kier molecular flexibility index (Phi) is 3.49. The van der Waals surface area contributed by atoms with Gasteiger partial charge in [-0.1, -0.05) is 6.07 Å². The lowest BCUT2D eigenvalue weighted by Crippen LogP contribution is -2.34. The van der Waals surface area contributed by atoms with Crippen molar-refractivity contribution < 1.29 is 0 Å². The fourth-order valence-corrected chi connectivity index (χ4v) is 2.43. The van der Waals surface area contributed by atoms with Crippen LogP contribution < -0.4 is 11.1 Å². The lowest BCUT2D eigenvalue weighted by atomic mass is 9.91. The molecule has 0 aliphatic heterocycles. The van der Waals surface area contributed by atoms with E-state index < -0.39 is 0 Å². The molecular formula is C14H22N2. The molecule has 1 aliphatic rings. The fraction of sp³-hybridized carbons (Fsp3) is 0.571. The molecular weight excluding hydrogens is 196 g/mol. The summed E-state index contributed by atoms with van der Waals surface area (Å²) in [5.41, 5.74) is 9.94. The van der Waals surface area contributed by atoms with Crippen LogP contribution in [0.3, 0.4) is 0 Å². The van der Waals surface area contributed by atoms with Crippen molar-refractivity contribution in [2.24, 2.45) is 5.73 Å². The molecule has 1 saturated carbocycles. The van der Waals surface area contributed by atoms with E-state index in [0.717, 1.165) is 6.42 Å². The largest absolute Gasteiger partial charge is 0.382 e. The fourth-order valence-electron chi connectivity index (χ4n) is 2.43. The SMILES string of the molecule is Cc1ccc(NC2CCCC(N)C2)cc1C. The lowest BCUT2D eigenvalue weighted by molar-refractivity contribution is 0.409. The van der Waals surface area contributed by atoms with Crippen molar-refractivity contribution in [3.63, 3.8) is 0 Å². The highest BCUT2D eigenvalue weighted by atomic mass is 14.9. The average molecular weight is 218 g/mol. The highest BCUT2D eigenvalue weighted by molar-refractivity contribution is 5.48. The van der Waals surface area contributed by atoms with Crippen molar-refractivity contribution in [2.45, 2.75) is 51.6 Å². The molecule has 0 aromatic heterocycles. The monoisotopic (exact) mass is 218 g/mol. The van der Waals surface area contributed by atoms with E-state index in [-0.39, 0.29) is 0 Å². The molecule has 0 spiro atoms. The molecule has 1 aliphatic carbocycles.